The van der Waals surface area contributed by atoms with Crippen molar-refractivity contribution < 1.29 is 0 Å². The summed E-state index contributed by atoms with van der Waals surface area (Å²) < 4.78 is 0. The maximum absolute atomic E-state index is 4.35. The van der Waals surface area contributed by atoms with Crippen molar-refractivity contribution in [2.45, 2.75) is 83.3 Å². The van der Waals surface area contributed by atoms with Crippen LogP contribution in [0.1, 0.15) is 82.8 Å². The number of unbranched alkanes of at least 4 members (excludes halogenated alkanes) is 2. The Kier molecular flexibility index (Phi) is 12.3. The summed E-state index contributed by atoms with van der Waals surface area (Å²) in [6.45, 7) is 17.0. The summed E-state index contributed by atoms with van der Waals surface area (Å²) in [5.41, 5.74) is 6.70. The highest BCUT2D eigenvalue weighted by molar-refractivity contribution is 7.99. The van der Waals surface area contributed by atoms with Crippen molar-refractivity contribution in [3.8, 4) is 0 Å². The van der Waals surface area contributed by atoms with E-state index in [1.807, 2.05) is 11.8 Å². The SMILES string of the molecule is C=C(C)CCC(Cc1cccc(C(=C)CCCC(=C)CCCCC)c1)SC. The van der Waals surface area contributed by atoms with E-state index in [9.17, 15) is 0 Å². The highest BCUT2D eigenvalue weighted by Crippen LogP contribution is 2.25. The van der Waals surface area contributed by atoms with E-state index in [-0.39, 0.29) is 0 Å². The van der Waals surface area contributed by atoms with Crippen LogP contribution in [0.5, 0.6) is 0 Å². The summed E-state index contributed by atoms with van der Waals surface area (Å²) in [7, 11) is 0. The normalized spacial score (nSPS) is 12.0. The standard InChI is InChI=1S/C26H40S/c1-7-8-9-12-22(4)13-10-14-23(5)25-16-11-15-24(19-25)20-26(27-6)18-17-21(2)3/h11,15-16,19,26H,2,4-5,7-10,12-14,17-18,20H2,1,3,6H3. The molecule has 0 saturated carbocycles. The van der Waals surface area contributed by atoms with E-state index in [4.69, 9.17) is 0 Å². The highest BCUT2D eigenvalue weighted by Gasteiger charge is 2.09. The van der Waals surface area contributed by atoms with Gasteiger partial charge >= 0.3 is 0 Å². The van der Waals surface area contributed by atoms with Gasteiger partial charge < -0.3 is 0 Å². The number of rotatable bonds is 15. The van der Waals surface area contributed by atoms with Crippen molar-refractivity contribution >= 4 is 17.3 Å². The van der Waals surface area contributed by atoms with Gasteiger partial charge in [-0.1, -0.05) is 68.3 Å². The molecule has 0 N–H and O–H groups in total. The molecule has 0 saturated heterocycles. The smallest absolute Gasteiger partial charge is 0.00877 e. The molecule has 0 aliphatic heterocycles. The van der Waals surface area contributed by atoms with Crippen LogP contribution >= 0.6 is 11.8 Å². The first kappa shape index (κ1) is 23.8. The Morgan fingerprint density at radius 3 is 2.41 bits per heavy atom. The van der Waals surface area contributed by atoms with Crippen molar-refractivity contribution in [2.75, 3.05) is 6.26 Å². The molecule has 0 heterocycles. The molecule has 1 rings (SSSR count). The summed E-state index contributed by atoms with van der Waals surface area (Å²) >= 11 is 1.97. The summed E-state index contributed by atoms with van der Waals surface area (Å²) in [6.07, 6.45) is 14.1. The molecule has 0 amide bonds. The molecule has 1 aromatic rings. The van der Waals surface area contributed by atoms with Crippen LogP contribution in [-0.4, -0.2) is 11.5 Å². The van der Waals surface area contributed by atoms with Crippen LogP contribution in [0.15, 0.2) is 55.1 Å². The lowest BCUT2D eigenvalue weighted by atomic mass is 9.96. The Hall–Kier alpha value is -1.21. The molecule has 150 valence electrons. The topological polar surface area (TPSA) is 0 Å². The molecule has 1 aromatic carbocycles. The van der Waals surface area contributed by atoms with Gasteiger partial charge in [-0.25, -0.2) is 0 Å². The van der Waals surface area contributed by atoms with Gasteiger partial charge in [0, 0.05) is 5.25 Å². The Bertz CT molecular complexity index is 596. The predicted octanol–water partition coefficient (Wildman–Crippen LogP) is 8.64. The van der Waals surface area contributed by atoms with Gasteiger partial charge in [0.05, 0.1) is 0 Å². The van der Waals surface area contributed by atoms with E-state index in [1.54, 1.807) is 0 Å². The summed E-state index contributed by atoms with van der Waals surface area (Å²) in [5, 5.41) is 0.664. The lowest BCUT2D eigenvalue weighted by molar-refractivity contribution is 0.687. The van der Waals surface area contributed by atoms with Gasteiger partial charge in [-0.15, -0.1) is 6.58 Å². The average Bonchev–Trinajstić information content (AvgIpc) is 2.65. The Balaban J connectivity index is 2.48. The summed E-state index contributed by atoms with van der Waals surface area (Å²) in [6, 6.07) is 9.01. The Morgan fingerprint density at radius 2 is 1.74 bits per heavy atom. The van der Waals surface area contributed by atoms with Crippen LogP contribution in [0.4, 0.5) is 0 Å². The minimum atomic E-state index is 0.664. The van der Waals surface area contributed by atoms with Crippen LogP contribution in [0, 0.1) is 0 Å². The van der Waals surface area contributed by atoms with Crippen molar-refractivity contribution in [1.29, 1.82) is 0 Å². The van der Waals surface area contributed by atoms with Gasteiger partial charge in [-0.3, -0.25) is 0 Å². The van der Waals surface area contributed by atoms with Crippen molar-refractivity contribution in [3.05, 3.63) is 66.3 Å². The van der Waals surface area contributed by atoms with Gasteiger partial charge in [0.25, 0.3) is 0 Å². The summed E-state index contributed by atoms with van der Waals surface area (Å²) in [4.78, 5) is 0. The molecule has 0 nitrogen and oxygen atoms in total. The fourth-order valence-corrected chi connectivity index (χ4v) is 4.05. The lowest BCUT2D eigenvalue weighted by Crippen LogP contribution is -2.07. The van der Waals surface area contributed by atoms with Gasteiger partial charge in [-0.05, 0) is 81.2 Å². The largest absolute Gasteiger partial charge is 0.162 e. The maximum Gasteiger partial charge on any atom is 0.00877 e. The van der Waals surface area contributed by atoms with E-state index in [1.165, 1.54) is 66.4 Å². The molecule has 1 atom stereocenters. The molecule has 0 radical (unpaired) electrons. The van der Waals surface area contributed by atoms with Gasteiger partial charge in [0.2, 0.25) is 0 Å². The monoisotopic (exact) mass is 384 g/mol. The van der Waals surface area contributed by atoms with Crippen LogP contribution in [0.3, 0.4) is 0 Å². The van der Waals surface area contributed by atoms with Gasteiger partial charge in [0.1, 0.15) is 0 Å². The number of hydrogen-bond acceptors (Lipinski definition) is 1. The van der Waals surface area contributed by atoms with Crippen molar-refractivity contribution in [2.24, 2.45) is 0 Å². The average molecular weight is 385 g/mol. The number of thioether (sulfide) groups is 1. The second-order valence-corrected chi connectivity index (χ2v) is 9.06. The molecule has 0 aliphatic carbocycles. The highest BCUT2D eigenvalue weighted by atomic mass is 32.2. The predicted molar refractivity (Wildman–Crippen MR) is 128 cm³/mol. The fraction of sp³-hybridized carbons (Fsp3) is 0.538. The molecule has 0 fully saturated rings. The van der Waals surface area contributed by atoms with E-state index in [2.05, 4.69) is 64.1 Å². The molecule has 1 unspecified atom stereocenters. The molecule has 0 aromatic heterocycles. The van der Waals surface area contributed by atoms with Crippen molar-refractivity contribution in [3.63, 3.8) is 0 Å². The number of hydrogen-bond donors (Lipinski definition) is 0. The quantitative estimate of drug-likeness (QED) is 0.215. The van der Waals surface area contributed by atoms with Crippen LogP contribution in [0.25, 0.3) is 5.57 Å². The van der Waals surface area contributed by atoms with Crippen LogP contribution < -0.4 is 0 Å². The van der Waals surface area contributed by atoms with Gasteiger partial charge in [-0.2, -0.15) is 11.8 Å². The zero-order chi connectivity index (χ0) is 20.1. The minimum Gasteiger partial charge on any atom is -0.162 e. The van der Waals surface area contributed by atoms with E-state index in [0.29, 0.717) is 5.25 Å². The molecule has 0 spiro atoms. The third kappa shape index (κ3) is 10.6. The fourth-order valence-electron chi connectivity index (χ4n) is 3.34. The summed E-state index contributed by atoms with van der Waals surface area (Å²) in [5.74, 6) is 0. The molecular weight excluding hydrogens is 344 g/mol. The second-order valence-electron chi connectivity index (χ2n) is 7.92. The lowest BCUT2D eigenvalue weighted by Gasteiger charge is -2.15. The molecule has 0 aliphatic rings. The van der Waals surface area contributed by atoms with E-state index >= 15 is 0 Å². The third-order valence-corrected chi connectivity index (χ3v) is 6.24. The molecule has 1 heteroatoms. The minimum absolute atomic E-state index is 0.664. The zero-order valence-electron chi connectivity index (χ0n) is 18.0. The first-order valence-corrected chi connectivity index (χ1v) is 11.9. The maximum atomic E-state index is 4.35. The second kappa shape index (κ2) is 13.9. The molecular formula is C26H40S. The van der Waals surface area contributed by atoms with Crippen LogP contribution in [-0.2, 0) is 6.42 Å². The first-order valence-electron chi connectivity index (χ1n) is 10.6. The van der Waals surface area contributed by atoms with E-state index < -0.39 is 0 Å². The van der Waals surface area contributed by atoms with E-state index in [0.717, 1.165) is 25.7 Å². The zero-order valence-corrected chi connectivity index (χ0v) is 18.8. The Morgan fingerprint density at radius 1 is 1.00 bits per heavy atom. The van der Waals surface area contributed by atoms with Crippen LogP contribution in [0.2, 0.25) is 0 Å². The number of benzene rings is 1. The Labute approximate surface area is 173 Å². The molecule has 0 bridgehead atoms. The van der Waals surface area contributed by atoms with Crippen molar-refractivity contribution in [1.82, 2.24) is 0 Å². The molecule has 27 heavy (non-hydrogen) atoms. The number of allylic oxidation sites excluding steroid dienone is 3. The third-order valence-electron chi connectivity index (χ3n) is 5.17. The van der Waals surface area contributed by atoms with Gasteiger partial charge in [0.15, 0.2) is 0 Å². The first-order chi connectivity index (χ1) is 13.0.